The molecule has 0 bridgehead atoms. The average molecular weight is 279 g/mol. The van der Waals surface area contributed by atoms with Crippen molar-refractivity contribution in [2.24, 2.45) is 11.3 Å². The molecule has 1 aromatic rings. The van der Waals surface area contributed by atoms with E-state index in [4.69, 9.17) is 0 Å². The molecule has 1 heterocycles. The minimum atomic E-state index is -0.733. The maximum absolute atomic E-state index is 11.6. The number of hydrogen-bond donors (Lipinski definition) is 3. The van der Waals surface area contributed by atoms with Gasteiger partial charge < -0.3 is 15.3 Å². The van der Waals surface area contributed by atoms with Crippen molar-refractivity contribution in [1.29, 1.82) is 0 Å². The van der Waals surface area contributed by atoms with E-state index in [2.05, 4.69) is 4.90 Å². The quantitative estimate of drug-likeness (QED) is 0.735. The lowest BCUT2D eigenvalue weighted by Crippen LogP contribution is -2.39. The molecule has 0 aromatic heterocycles. The Morgan fingerprint density at radius 3 is 2.55 bits per heavy atom. The second-order valence-electron chi connectivity index (χ2n) is 5.90. The van der Waals surface area contributed by atoms with Crippen molar-refractivity contribution in [2.75, 3.05) is 13.1 Å². The number of aromatic hydroxyl groups is 2. The van der Waals surface area contributed by atoms with Crippen molar-refractivity contribution in [3.8, 4) is 11.5 Å². The molecule has 1 atom stereocenters. The lowest BCUT2D eigenvalue weighted by atomic mass is 9.76. The number of aliphatic carboxylic acids is 1. The molecule has 2 rings (SSSR count). The summed E-state index contributed by atoms with van der Waals surface area (Å²) in [5.74, 6) is -0.936. The van der Waals surface area contributed by atoms with Crippen LogP contribution in [-0.2, 0) is 11.3 Å². The van der Waals surface area contributed by atoms with Crippen LogP contribution in [0.15, 0.2) is 18.2 Å². The van der Waals surface area contributed by atoms with Crippen LogP contribution in [0.3, 0.4) is 0 Å². The molecule has 1 aliphatic rings. The molecule has 1 aliphatic heterocycles. The lowest BCUT2D eigenvalue weighted by Gasteiger charge is -2.28. The summed E-state index contributed by atoms with van der Waals surface area (Å²) < 4.78 is 0. The fourth-order valence-corrected chi connectivity index (χ4v) is 2.87. The maximum Gasteiger partial charge on any atom is 0.311 e. The van der Waals surface area contributed by atoms with Crippen LogP contribution in [0.2, 0.25) is 0 Å². The molecule has 1 fully saturated rings. The number of carboxylic acid groups (broad SMARTS) is 1. The van der Waals surface area contributed by atoms with Crippen molar-refractivity contribution < 1.29 is 20.1 Å². The third-order valence-electron chi connectivity index (χ3n) is 4.36. The van der Waals surface area contributed by atoms with Crippen LogP contribution < -0.4 is 0 Å². The summed E-state index contributed by atoms with van der Waals surface area (Å²) in [5.41, 5.74) is 0.184. The summed E-state index contributed by atoms with van der Waals surface area (Å²) in [4.78, 5) is 13.6. The Balaban J connectivity index is 2.09. The molecular formula is C15H21NO4. The predicted molar refractivity (Wildman–Crippen MR) is 74.6 cm³/mol. The topological polar surface area (TPSA) is 81.0 Å². The largest absolute Gasteiger partial charge is 0.504 e. The first-order chi connectivity index (χ1) is 9.35. The van der Waals surface area contributed by atoms with E-state index in [9.17, 15) is 20.1 Å². The smallest absolute Gasteiger partial charge is 0.311 e. The Labute approximate surface area is 118 Å². The number of nitrogens with zero attached hydrogens (tertiary/aromatic N) is 1. The number of carbonyl (C=O) groups is 1. The van der Waals surface area contributed by atoms with Crippen LogP contribution in [-0.4, -0.2) is 39.3 Å². The summed E-state index contributed by atoms with van der Waals surface area (Å²) in [6.07, 6.45) is 0.643. The van der Waals surface area contributed by atoms with Gasteiger partial charge in [0, 0.05) is 13.1 Å². The number of rotatable bonds is 4. The van der Waals surface area contributed by atoms with E-state index in [1.54, 1.807) is 6.07 Å². The van der Waals surface area contributed by atoms with Crippen molar-refractivity contribution >= 4 is 5.97 Å². The van der Waals surface area contributed by atoms with Crippen molar-refractivity contribution in [3.63, 3.8) is 0 Å². The fraction of sp³-hybridized carbons (Fsp3) is 0.533. The van der Waals surface area contributed by atoms with Gasteiger partial charge in [0.25, 0.3) is 0 Å². The Morgan fingerprint density at radius 1 is 1.35 bits per heavy atom. The highest BCUT2D eigenvalue weighted by Crippen LogP contribution is 2.39. The highest BCUT2D eigenvalue weighted by atomic mass is 16.4. The fourth-order valence-electron chi connectivity index (χ4n) is 2.87. The molecule has 3 N–H and O–H groups in total. The Bertz CT molecular complexity index is 515. The summed E-state index contributed by atoms with van der Waals surface area (Å²) in [7, 11) is 0. The molecule has 1 aromatic carbocycles. The minimum absolute atomic E-state index is 0.0817. The van der Waals surface area contributed by atoms with Gasteiger partial charge in [-0.3, -0.25) is 9.69 Å². The molecule has 0 saturated carbocycles. The molecule has 1 unspecified atom stereocenters. The van der Waals surface area contributed by atoms with Gasteiger partial charge in [-0.25, -0.2) is 0 Å². The third kappa shape index (κ3) is 2.58. The van der Waals surface area contributed by atoms with Gasteiger partial charge in [-0.15, -0.1) is 0 Å². The molecule has 1 saturated heterocycles. The van der Waals surface area contributed by atoms with E-state index in [1.165, 1.54) is 12.1 Å². The second-order valence-corrected chi connectivity index (χ2v) is 5.90. The van der Waals surface area contributed by atoms with Gasteiger partial charge in [0.05, 0.1) is 5.41 Å². The van der Waals surface area contributed by atoms with Crippen LogP contribution in [0.4, 0.5) is 0 Å². The molecule has 110 valence electrons. The monoisotopic (exact) mass is 279 g/mol. The number of phenolic OH excluding ortho intramolecular Hbond substituents is 2. The van der Waals surface area contributed by atoms with E-state index in [0.717, 1.165) is 12.1 Å². The number of hydrogen-bond acceptors (Lipinski definition) is 4. The van der Waals surface area contributed by atoms with Gasteiger partial charge in [-0.05, 0) is 36.6 Å². The van der Waals surface area contributed by atoms with Gasteiger partial charge in [-0.2, -0.15) is 0 Å². The molecule has 5 nitrogen and oxygen atoms in total. The third-order valence-corrected chi connectivity index (χ3v) is 4.36. The zero-order valence-electron chi connectivity index (χ0n) is 11.8. The molecule has 20 heavy (non-hydrogen) atoms. The van der Waals surface area contributed by atoms with Gasteiger partial charge in [0.1, 0.15) is 0 Å². The molecule has 0 radical (unpaired) electrons. The van der Waals surface area contributed by atoms with Crippen LogP contribution in [0.5, 0.6) is 11.5 Å². The normalized spacial score (nSPS) is 23.4. The zero-order chi connectivity index (χ0) is 14.9. The first-order valence-corrected chi connectivity index (χ1v) is 6.82. The van der Waals surface area contributed by atoms with Crippen LogP contribution in [0.25, 0.3) is 0 Å². The highest BCUT2D eigenvalue weighted by molar-refractivity contribution is 5.75. The van der Waals surface area contributed by atoms with Gasteiger partial charge in [-0.1, -0.05) is 19.9 Å². The number of phenols is 2. The summed E-state index contributed by atoms with van der Waals surface area (Å²) in [6, 6.07) is 4.71. The molecular weight excluding hydrogens is 258 g/mol. The van der Waals surface area contributed by atoms with Crippen LogP contribution in [0, 0.1) is 11.3 Å². The first-order valence-electron chi connectivity index (χ1n) is 6.82. The Hall–Kier alpha value is -1.75. The predicted octanol–water partition coefficient (Wildman–Crippen LogP) is 2.03. The number of likely N-dealkylation sites (tertiary alicyclic amines) is 1. The standard InChI is InChI=1S/C15H21NO4/c1-10(2)15(14(19)20)5-6-16(9-15)8-11-3-4-12(17)13(18)7-11/h3-4,7,10,17-18H,5-6,8-9H2,1-2H3,(H,19,20). The van der Waals surface area contributed by atoms with E-state index < -0.39 is 11.4 Å². The molecule has 0 spiro atoms. The van der Waals surface area contributed by atoms with Gasteiger partial charge >= 0.3 is 5.97 Å². The SMILES string of the molecule is CC(C)C1(C(=O)O)CCN(Cc2ccc(O)c(O)c2)C1. The number of benzene rings is 1. The molecule has 0 aliphatic carbocycles. The van der Waals surface area contributed by atoms with E-state index in [0.29, 0.717) is 19.5 Å². The molecule has 0 amide bonds. The number of carboxylic acids is 1. The van der Waals surface area contributed by atoms with Gasteiger partial charge in [0.15, 0.2) is 11.5 Å². The van der Waals surface area contributed by atoms with E-state index in [1.807, 2.05) is 13.8 Å². The average Bonchev–Trinajstić information content (AvgIpc) is 2.79. The minimum Gasteiger partial charge on any atom is -0.504 e. The van der Waals surface area contributed by atoms with E-state index >= 15 is 0 Å². The summed E-state index contributed by atoms with van der Waals surface area (Å²) >= 11 is 0. The maximum atomic E-state index is 11.6. The summed E-state index contributed by atoms with van der Waals surface area (Å²) in [5, 5.41) is 28.3. The first kappa shape index (κ1) is 14.7. The Morgan fingerprint density at radius 2 is 2.05 bits per heavy atom. The summed E-state index contributed by atoms with van der Waals surface area (Å²) in [6.45, 7) is 5.72. The van der Waals surface area contributed by atoms with Gasteiger partial charge in [0.2, 0.25) is 0 Å². The van der Waals surface area contributed by atoms with Crippen LogP contribution >= 0.6 is 0 Å². The molecule has 5 heteroatoms. The lowest BCUT2D eigenvalue weighted by molar-refractivity contribution is -0.151. The van der Waals surface area contributed by atoms with Crippen molar-refractivity contribution in [1.82, 2.24) is 4.90 Å². The van der Waals surface area contributed by atoms with Crippen molar-refractivity contribution in [2.45, 2.75) is 26.8 Å². The zero-order valence-corrected chi connectivity index (χ0v) is 11.8. The van der Waals surface area contributed by atoms with Crippen molar-refractivity contribution in [3.05, 3.63) is 23.8 Å². The van der Waals surface area contributed by atoms with E-state index in [-0.39, 0.29) is 17.4 Å². The Kier molecular flexibility index (Phi) is 3.90. The van der Waals surface area contributed by atoms with Crippen LogP contribution in [0.1, 0.15) is 25.8 Å². The highest BCUT2D eigenvalue weighted by Gasteiger charge is 2.47. The second kappa shape index (κ2) is 5.32.